The fourth-order valence-electron chi connectivity index (χ4n) is 1.95. The lowest BCUT2D eigenvalue weighted by atomic mass is 10.1. The number of hydrogen-bond acceptors (Lipinski definition) is 3. The zero-order chi connectivity index (χ0) is 13.7. The van der Waals surface area contributed by atoms with Gasteiger partial charge in [0.15, 0.2) is 0 Å². The van der Waals surface area contributed by atoms with Gasteiger partial charge in [-0.15, -0.1) is 17.8 Å². The van der Waals surface area contributed by atoms with Gasteiger partial charge in [-0.2, -0.15) is 0 Å². The lowest BCUT2D eigenvalue weighted by Gasteiger charge is -2.20. The molecule has 0 fully saturated rings. The third-order valence-electron chi connectivity index (χ3n) is 2.85. The predicted molar refractivity (Wildman–Crippen MR) is 80.5 cm³/mol. The van der Waals surface area contributed by atoms with E-state index in [-0.39, 0.29) is 12.1 Å². The summed E-state index contributed by atoms with van der Waals surface area (Å²) in [5, 5.41) is 3.46. The number of nitrogens with one attached hydrogen (secondary N) is 1. The summed E-state index contributed by atoms with van der Waals surface area (Å²) in [7, 11) is 0. The van der Waals surface area contributed by atoms with E-state index in [1.807, 2.05) is 24.3 Å². The summed E-state index contributed by atoms with van der Waals surface area (Å²) in [5.74, 6) is 3.65. The van der Waals surface area contributed by atoms with Crippen molar-refractivity contribution < 1.29 is 4.42 Å². The predicted octanol–water partition coefficient (Wildman–Crippen LogP) is 4.48. The van der Waals surface area contributed by atoms with E-state index in [0.717, 1.165) is 27.8 Å². The topological polar surface area (TPSA) is 25.2 Å². The van der Waals surface area contributed by atoms with Crippen LogP contribution in [0.4, 0.5) is 0 Å². The standard InChI is InChI=1S/C15H16ClNOS/c1-3-6-11(4-2)17-15(12-7-5-10-18-12)13-8-9-14(16)19-13/h2,5,7-11,15,17H,3,6H2,1H3. The molecule has 100 valence electrons. The third kappa shape index (κ3) is 3.63. The van der Waals surface area contributed by atoms with Crippen molar-refractivity contribution in [2.75, 3.05) is 0 Å². The summed E-state index contributed by atoms with van der Waals surface area (Å²) in [6.07, 6.45) is 9.23. The van der Waals surface area contributed by atoms with E-state index in [0.29, 0.717) is 0 Å². The second-order valence-corrected chi connectivity index (χ2v) is 6.01. The Hall–Kier alpha value is -1.21. The van der Waals surface area contributed by atoms with Crippen LogP contribution in [-0.4, -0.2) is 6.04 Å². The van der Waals surface area contributed by atoms with Crippen molar-refractivity contribution in [2.24, 2.45) is 0 Å². The average Bonchev–Trinajstić information content (AvgIpc) is 3.06. The van der Waals surface area contributed by atoms with Gasteiger partial charge in [-0.1, -0.05) is 30.9 Å². The molecular weight excluding hydrogens is 278 g/mol. The van der Waals surface area contributed by atoms with Crippen LogP contribution in [0.2, 0.25) is 4.34 Å². The molecule has 0 radical (unpaired) electrons. The Bertz CT molecular complexity index is 541. The van der Waals surface area contributed by atoms with Crippen molar-refractivity contribution >= 4 is 22.9 Å². The van der Waals surface area contributed by atoms with Crippen molar-refractivity contribution in [3.05, 3.63) is 45.5 Å². The van der Waals surface area contributed by atoms with Crippen LogP contribution in [0.1, 0.15) is 36.4 Å². The maximum Gasteiger partial charge on any atom is 0.126 e. The molecule has 4 heteroatoms. The van der Waals surface area contributed by atoms with Crippen LogP contribution in [0.25, 0.3) is 0 Å². The summed E-state index contributed by atoms with van der Waals surface area (Å²) in [6.45, 7) is 2.12. The largest absolute Gasteiger partial charge is 0.467 e. The number of furan rings is 1. The van der Waals surface area contributed by atoms with Crippen molar-refractivity contribution in [3.8, 4) is 12.3 Å². The SMILES string of the molecule is C#CC(CCC)NC(c1ccco1)c1ccc(Cl)s1. The summed E-state index contributed by atoms with van der Waals surface area (Å²) in [6, 6.07) is 7.71. The highest BCUT2D eigenvalue weighted by atomic mass is 35.5. The molecule has 0 bridgehead atoms. The molecule has 2 aromatic heterocycles. The molecule has 0 aliphatic rings. The van der Waals surface area contributed by atoms with E-state index in [1.165, 1.54) is 11.3 Å². The number of rotatable bonds is 6. The van der Waals surface area contributed by atoms with Gasteiger partial charge in [-0.25, -0.2) is 0 Å². The summed E-state index contributed by atoms with van der Waals surface area (Å²) in [5.41, 5.74) is 0. The smallest absolute Gasteiger partial charge is 0.126 e. The normalized spacial score (nSPS) is 13.9. The summed E-state index contributed by atoms with van der Waals surface area (Å²) in [4.78, 5) is 1.11. The zero-order valence-electron chi connectivity index (χ0n) is 10.7. The molecule has 0 aliphatic carbocycles. The van der Waals surface area contributed by atoms with Gasteiger partial charge in [-0.3, -0.25) is 5.32 Å². The minimum Gasteiger partial charge on any atom is -0.467 e. The Morgan fingerprint density at radius 3 is 2.84 bits per heavy atom. The molecular formula is C15H16ClNOS. The monoisotopic (exact) mass is 293 g/mol. The minimum atomic E-state index is -0.0416. The highest BCUT2D eigenvalue weighted by Gasteiger charge is 2.21. The van der Waals surface area contributed by atoms with Crippen molar-refractivity contribution in [1.29, 1.82) is 0 Å². The van der Waals surface area contributed by atoms with Gasteiger partial charge in [0, 0.05) is 4.88 Å². The second-order valence-electron chi connectivity index (χ2n) is 4.26. The quantitative estimate of drug-likeness (QED) is 0.795. The van der Waals surface area contributed by atoms with Gasteiger partial charge in [0.25, 0.3) is 0 Å². The Morgan fingerprint density at radius 1 is 1.47 bits per heavy atom. The Kier molecular flexibility index (Phi) is 5.09. The molecule has 2 unspecified atom stereocenters. The first-order chi connectivity index (χ1) is 9.24. The van der Waals surface area contributed by atoms with Crippen molar-refractivity contribution in [1.82, 2.24) is 5.32 Å². The van der Waals surface area contributed by atoms with Gasteiger partial charge in [0.05, 0.1) is 16.6 Å². The van der Waals surface area contributed by atoms with Crippen molar-refractivity contribution in [3.63, 3.8) is 0 Å². The Labute approximate surface area is 122 Å². The lowest BCUT2D eigenvalue weighted by molar-refractivity contribution is 0.426. The number of halogens is 1. The first kappa shape index (κ1) is 14.2. The molecule has 2 nitrogen and oxygen atoms in total. The maximum absolute atomic E-state index is 6.02. The van der Waals surface area contributed by atoms with Gasteiger partial charge in [0.2, 0.25) is 0 Å². The van der Waals surface area contributed by atoms with Gasteiger partial charge < -0.3 is 4.42 Å². The molecule has 1 N–H and O–H groups in total. The number of hydrogen-bond donors (Lipinski definition) is 1. The first-order valence-electron chi connectivity index (χ1n) is 6.25. The third-order valence-corrected chi connectivity index (χ3v) is 4.15. The van der Waals surface area contributed by atoms with Crippen LogP contribution in [0.5, 0.6) is 0 Å². The molecule has 2 rings (SSSR count). The highest BCUT2D eigenvalue weighted by molar-refractivity contribution is 7.16. The van der Waals surface area contributed by atoms with Crippen LogP contribution in [0, 0.1) is 12.3 Å². The number of thiophene rings is 1. The molecule has 19 heavy (non-hydrogen) atoms. The highest BCUT2D eigenvalue weighted by Crippen LogP contribution is 2.31. The lowest BCUT2D eigenvalue weighted by Crippen LogP contribution is -2.31. The molecule has 2 aromatic rings. The van der Waals surface area contributed by atoms with Crippen LogP contribution in [0.15, 0.2) is 34.9 Å². The first-order valence-corrected chi connectivity index (χ1v) is 7.44. The van der Waals surface area contributed by atoms with Crippen molar-refractivity contribution in [2.45, 2.75) is 31.8 Å². The summed E-state index contributed by atoms with van der Waals surface area (Å²) < 4.78 is 6.28. The second kappa shape index (κ2) is 6.81. The fraction of sp³-hybridized carbons (Fsp3) is 0.333. The van der Waals surface area contributed by atoms with Gasteiger partial charge in [0.1, 0.15) is 11.8 Å². The van der Waals surface area contributed by atoms with Crippen LogP contribution < -0.4 is 5.32 Å². The van der Waals surface area contributed by atoms with E-state index in [2.05, 4.69) is 18.2 Å². The van der Waals surface area contributed by atoms with E-state index in [1.54, 1.807) is 6.26 Å². The van der Waals surface area contributed by atoms with E-state index in [9.17, 15) is 0 Å². The van der Waals surface area contributed by atoms with E-state index in [4.69, 9.17) is 22.4 Å². The Balaban J connectivity index is 2.23. The zero-order valence-corrected chi connectivity index (χ0v) is 12.3. The molecule has 0 saturated heterocycles. The average molecular weight is 294 g/mol. The van der Waals surface area contributed by atoms with Crippen LogP contribution in [-0.2, 0) is 0 Å². The fourth-order valence-corrected chi connectivity index (χ4v) is 3.08. The molecule has 0 spiro atoms. The molecule has 2 atom stereocenters. The number of terminal acetylenes is 1. The van der Waals surface area contributed by atoms with Crippen LogP contribution >= 0.6 is 22.9 Å². The van der Waals surface area contributed by atoms with Gasteiger partial charge in [-0.05, 0) is 30.7 Å². The molecule has 0 amide bonds. The molecule has 0 aliphatic heterocycles. The van der Waals surface area contributed by atoms with E-state index >= 15 is 0 Å². The molecule has 0 saturated carbocycles. The maximum atomic E-state index is 6.02. The van der Waals surface area contributed by atoms with Crippen LogP contribution in [0.3, 0.4) is 0 Å². The Morgan fingerprint density at radius 2 is 2.32 bits per heavy atom. The summed E-state index contributed by atoms with van der Waals surface area (Å²) >= 11 is 7.56. The molecule has 2 heterocycles. The van der Waals surface area contributed by atoms with Gasteiger partial charge >= 0.3 is 0 Å². The molecule has 0 aromatic carbocycles. The van der Waals surface area contributed by atoms with E-state index < -0.39 is 0 Å². The minimum absolute atomic E-state index is 0.0287.